The summed E-state index contributed by atoms with van der Waals surface area (Å²) in [5.74, 6) is -1.64. The molecule has 2 aromatic carbocycles. The highest BCUT2D eigenvalue weighted by molar-refractivity contribution is 5.86. The number of carbonyl (C=O) groups is 2. The minimum Gasteiger partial charge on any atom is -0.481 e. The molecule has 0 radical (unpaired) electrons. The van der Waals surface area contributed by atoms with Crippen LogP contribution in [-0.4, -0.2) is 45.9 Å². The lowest BCUT2D eigenvalue weighted by atomic mass is 10.0. The average molecular weight is 356 g/mol. The van der Waals surface area contributed by atoms with E-state index >= 15 is 0 Å². The smallest absolute Gasteiger partial charge is 0.305 e. The molecule has 1 N–H and O–H groups in total. The maximum atomic E-state index is 13.9. The Hall–Kier alpha value is -2.73. The first kappa shape index (κ1) is 18.1. The van der Waals surface area contributed by atoms with Crippen LogP contribution < -0.4 is 0 Å². The van der Waals surface area contributed by atoms with E-state index in [1.54, 1.807) is 23.1 Å². The second kappa shape index (κ2) is 8.10. The van der Waals surface area contributed by atoms with Gasteiger partial charge in [0.2, 0.25) is 5.91 Å². The van der Waals surface area contributed by atoms with Crippen molar-refractivity contribution in [2.24, 2.45) is 0 Å². The molecule has 0 spiro atoms. The van der Waals surface area contributed by atoms with Crippen molar-refractivity contribution >= 4 is 11.9 Å². The predicted molar refractivity (Wildman–Crippen MR) is 94.7 cm³/mol. The third kappa shape index (κ3) is 4.26. The van der Waals surface area contributed by atoms with Crippen LogP contribution in [0.3, 0.4) is 0 Å². The lowest BCUT2D eigenvalue weighted by Crippen LogP contribution is -2.56. The molecule has 1 aliphatic rings. The van der Waals surface area contributed by atoms with Crippen LogP contribution in [0.2, 0.25) is 0 Å². The second-order valence-electron chi connectivity index (χ2n) is 6.42. The van der Waals surface area contributed by atoms with Crippen molar-refractivity contribution in [1.29, 1.82) is 0 Å². The molecule has 1 heterocycles. The van der Waals surface area contributed by atoms with Crippen LogP contribution in [0.15, 0.2) is 54.6 Å². The van der Waals surface area contributed by atoms with Gasteiger partial charge in [0.05, 0.1) is 6.42 Å². The fourth-order valence-electron chi connectivity index (χ4n) is 3.26. The number of halogens is 1. The molecule has 5 nitrogen and oxygen atoms in total. The van der Waals surface area contributed by atoms with Crippen LogP contribution in [0.1, 0.15) is 17.5 Å². The van der Waals surface area contributed by atoms with Gasteiger partial charge in [-0.1, -0.05) is 48.5 Å². The minimum atomic E-state index is -1.02. The van der Waals surface area contributed by atoms with Crippen LogP contribution in [-0.2, 0) is 22.7 Å². The molecule has 1 saturated heterocycles. The summed E-state index contributed by atoms with van der Waals surface area (Å²) in [6.45, 7) is 1.65. The monoisotopic (exact) mass is 356 g/mol. The SMILES string of the molecule is O=C(O)CC1C(=O)N(Cc2ccccc2F)CCN1Cc1ccccc1. The fraction of sp³-hybridized carbons (Fsp3) is 0.300. The summed E-state index contributed by atoms with van der Waals surface area (Å²) < 4.78 is 13.9. The lowest BCUT2D eigenvalue weighted by molar-refractivity contribution is -0.150. The Morgan fingerprint density at radius 2 is 1.73 bits per heavy atom. The maximum absolute atomic E-state index is 13.9. The highest BCUT2D eigenvalue weighted by Crippen LogP contribution is 2.20. The van der Waals surface area contributed by atoms with Crippen molar-refractivity contribution in [1.82, 2.24) is 9.80 Å². The van der Waals surface area contributed by atoms with Gasteiger partial charge < -0.3 is 10.0 Å². The van der Waals surface area contributed by atoms with Gasteiger partial charge in [0.15, 0.2) is 0 Å². The van der Waals surface area contributed by atoms with Crippen molar-refractivity contribution in [3.8, 4) is 0 Å². The van der Waals surface area contributed by atoms with E-state index in [0.717, 1.165) is 5.56 Å². The topological polar surface area (TPSA) is 60.9 Å². The van der Waals surface area contributed by atoms with Gasteiger partial charge >= 0.3 is 5.97 Å². The van der Waals surface area contributed by atoms with Gasteiger partial charge in [-0.25, -0.2) is 4.39 Å². The van der Waals surface area contributed by atoms with E-state index < -0.39 is 12.0 Å². The summed E-state index contributed by atoms with van der Waals surface area (Å²) in [6, 6.07) is 15.2. The van der Waals surface area contributed by atoms with Crippen LogP contribution in [0.4, 0.5) is 4.39 Å². The zero-order valence-electron chi connectivity index (χ0n) is 14.3. The molecular weight excluding hydrogens is 335 g/mol. The quantitative estimate of drug-likeness (QED) is 0.864. The Morgan fingerprint density at radius 3 is 2.42 bits per heavy atom. The summed E-state index contributed by atoms with van der Waals surface area (Å²) in [5.41, 5.74) is 1.46. The number of benzene rings is 2. The largest absolute Gasteiger partial charge is 0.481 e. The minimum absolute atomic E-state index is 0.154. The highest BCUT2D eigenvalue weighted by atomic mass is 19.1. The van der Waals surface area contributed by atoms with Crippen LogP contribution in [0.25, 0.3) is 0 Å². The number of hydrogen-bond acceptors (Lipinski definition) is 3. The van der Waals surface area contributed by atoms with Crippen molar-refractivity contribution < 1.29 is 19.1 Å². The summed E-state index contributed by atoms with van der Waals surface area (Å²) >= 11 is 0. The Balaban J connectivity index is 1.76. The first-order valence-electron chi connectivity index (χ1n) is 8.56. The van der Waals surface area contributed by atoms with Gasteiger partial charge in [0.1, 0.15) is 11.9 Å². The Labute approximate surface area is 151 Å². The number of hydrogen-bond donors (Lipinski definition) is 1. The maximum Gasteiger partial charge on any atom is 0.305 e. The Morgan fingerprint density at radius 1 is 1.04 bits per heavy atom. The number of carboxylic acid groups (broad SMARTS) is 1. The third-order valence-electron chi connectivity index (χ3n) is 4.61. The van der Waals surface area contributed by atoms with E-state index in [1.165, 1.54) is 6.07 Å². The molecule has 0 aromatic heterocycles. The molecule has 6 heteroatoms. The third-order valence-corrected chi connectivity index (χ3v) is 4.61. The first-order chi connectivity index (χ1) is 12.5. The van der Waals surface area contributed by atoms with Crippen molar-refractivity contribution in [3.63, 3.8) is 0 Å². The standard InChI is InChI=1S/C20H21FN2O3/c21-17-9-5-4-8-16(17)14-23-11-10-22(13-15-6-2-1-3-7-15)18(20(23)26)12-19(24)25/h1-9,18H,10-14H2,(H,24,25). The van der Waals surface area contributed by atoms with Crippen molar-refractivity contribution in [2.75, 3.05) is 13.1 Å². The van der Waals surface area contributed by atoms with Crippen LogP contribution in [0.5, 0.6) is 0 Å². The summed E-state index contributed by atoms with van der Waals surface area (Å²) in [5, 5.41) is 9.23. The van der Waals surface area contributed by atoms with E-state index in [9.17, 15) is 19.1 Å². The average Bonchev–Trinajstić information content (AvgIpc) is 2.63. The molecule has 26 heavy (non-hydrogen) atoms. The van der Waals surface area contributed by atoms with Gasteiger partial charge in [-0.05, 0) is 11.6 Å². The second-order valence-corrected chi connectivity index (χ2v) is 6.42. The van der Waals surface area contributed by atoms with Gasteiger partial charge in [-0.15, -0.1) is 0 Å². The summed E-state index contributed by atoms with van der Waals surface area (Å²) in [6.07, 6.45) is -0.264. The first-order valence-corrected chi connectivity index (χ1v) is 8.56. The van der Waals surface area contributed by atoms with Gasteiger partial charge in [0, 0.05) is 31.7 Å². The molecule has 3 rings (SSSR count). The number of nitrogens with zero attached hydrogens (tertiary/aromatic N) is 2. The van der Waals surface area contributed by atoms with Crippen molar-refractivity contribution in [2.45, 2.75) is 25.6 Å². The van der Waals surface area contributed by atoms with Gasteiger partial charge in [-0.2, -0.15) is 0 Å². The van der Waals surface area contributed by atoms with E-state index in [2.05, 4.69) is 0 Å². The van der Waals surface area contributed by atoms with E-state index in [-0.39, 0.29) is 24.7 Å². The number of piperazine rings is 1. The fourth-order valence-corrected chi connectivity index (χ4v) is 3.26. The molecule has 0 bridgehead atoms. The van der Waals surface area contributed by atoms with Crippen molar-refractivity contribution in [3.05, 3.63) is 71.5 Å². The number of carbonyl (C=O) groups excluding carboxylic acids is 1. The van der Waals surface area contributed by atoms with Gasteiger partial charge in [0.25, 0.3) is 0 Å². The molecular formula is C20H21FN2O3. The van der Waals surface area contributed by atoms with E-state index in [4.69, 9.17) is 0 Å². The molecule has 0 saturated carbocycles. The normalized spacial score (nSPS) is 18.1. The number of rotatable bonds is 6. The lowest BCUT2D eigenvalue weighted by Gasteiger charge is -2.40. The highest BCUT2D eigenvalue weighted by Gasteiger charge is 2.36. The zero-order chi connectivity index (χ0) is 18.5. The Kier molecular flexibility index (Phi) is 5.63. The zero-order valence-corrected chi connectivity index (χ0v) is 14.3. The Bertz CT molecular complexity index is 782. The summed E-state index contributed by atoms with van der Waals surface area (Å²) in [7, 11) is 0. The van der Waals surface area contributed by atoms with Gasteiger partial charge in [-0.3, -0.25) is 14.5 Å². The molecule has 1 unspecified atom stereocenters. The van der Waals surface area contributed by atoms with Crippen LogP contribution >= 0.6 is 0 Å². The van der Waals surface area contributed by atoms with E-state index in [0.29, 0.717) is 25.2 Å². The number of amides is 1. The van der Waals surface area contributed by atoms with Crippen LogP contribution in [0, 0.1) is 5.82 Å². The molecule has 1 atom stereocenters. The summed E-state index contributed by atoms with van der Waals surface area (Å²) in [4.78, 5) is 27.6. The van der Waals surface area contributed by atoms with E-state index in [1.807, 2.05) is 35.2 Å². The molecule has 2 aromatic rings. The molecule has 1 amide bonds. The number of carboxylic acids is 1. The number of aliphatic carboxylic acids is 1. The molecule has 1 aliphatic heterocycles. The molecule has 136 valence electrons. The molecule has 1 fully saturated rings. The molecule has 0 aliphatic carbocycles. The predicted octanol–water partition coefficient (Wildman–Crippen LogP) is 2.51.